The quantitative estimate of drug-likeness (QED) is 0.792. The third-order valence-corrected chi connectivity index (χ3v) is 3.43. The predicted molar refractivity (Wildman–Crippen MR) is 75.5 cm³/mol. The van der Waals surface area contributed by atoms with Gasteiger partial charge in [0.05, 0.1) is 11.1 Å². The molecule has 20 heavy (non-hydrogen) atoms. The van der Waals surface area contributed by atoms with E-state index in [0.29, 0.717) is 25.3 Å². The number of β-amino-alcohol motifs (C(OH)–C–C–N with tert-alkyl or cyclic N) is 1. The third kappa shape index (κ3) is 4.33. The molecule has 2 amide bonds. The number of nitrogens with zero attached hydrogens (tertiary/aromatic N) is 1. The molecule has 5 nitrogen and oxygen atoms in total. The Kier molecular flexibility index (Phi) is 5.17. The molecule has 1 atom stereocenters. The summed E-state index contributed by atoms with van der Waals surface area (Å²) in [4.78, 5) is 13.7. The first-order valence-electron chi connectivity index (χ1n) is 6.45. The average molecular weight is 302 g/mol. The smallest absolute Gasteiger partial charge is 0.319 e. The van der Waals surface area contributed by atoms with Crippen LogP contribution in [-0.2, 0) is 0 Å². The fourth-order valence-corrected chi connectivity index (χ4v) is 2.27. The predicted octanol–water partition coefficient (Wildman–Crippen LogP) is 1.67. The minimum Gasteiger partial charge on any atom is -0.392 e. The lowest BCUT2D eigenvalue weighted by Crippen LogP contribution is -2.36. The van der Waals surface area contributed by atoms with Crippen molar-refractivity contribution in [3.05, 3.63) is 29.0 Å². The van der Waals surface area contributed by atoms with Gasteiger partial charge in [0, 0.05) is 31.9 Å². The zero-order chi connectivity index (χ0) is 14.5. The Labute approximate surface area is 121 Å². The van der Waals surface area contributed by atoms with Crippen LogP contribution in [0.25, 0.3) is 0 Å². The van der Waals surface area contributed by atoms with Crippen molar-refractivity contribution < 1.29 is 14.3 Å². The fourth-order valence-electron chi connectivity index (χ4n) is 2.09. The summed E-state index contributed by atoms with van der Waals surface area (Å²) in [6.45, 7) is 2.66. The van der Waals surface area contributed by atoms with Gasteiger partial charge in [0.1, 0.15) is 5.82 Å². The molecule has 1 heterocycles. The van der Waals surface area contributed by atoms with Crippen LogP contribution >= 0.6 is 11.6 Å². The summed E-state index contributed by atoms with van der Waals surface area (Å²) >= 11 is 5.62. The number of likely N-dealkylation sites (tertiary alicyclic amines) is 1. The van der Waals surface area contributed by atoms with E-state index in [9.17, 15) is 14.3 Å². The summed E-state index contributed by atoms with van der Waals surface area (Å²) in [5.41, 5.74) is 0.436. The number of nitrogens with one attached hydrogen (secondary N) is 2. The molecule has 0 spiro atoms. The van der Waals surface area contributed by atoms with E-state index in [1.54, 1.807) is 0 Å². The number of carbonyl (C=O) groups excluding carboxylic acids is 1. The molecule has 1 aromatic carbocycles. The molecule has 2 rings (SSSR count). The summed E-state index contributed by atoms with van der Waals surface area (Å²) < 4.78 is 13.0. The maximum atomic E-state index is 13.0. The van der Waals surface area contributed by atoms with Crippen LogP contribution in [0.15, 0.2) is 18.2 Å². The Hall–Kier alpha value is -1.37. The van der Waals surface area contributed by atoms with E-state index in [2.05, 4.69) is 15.5 Å². The maximum Gasteiger partial charge on any atom is 0.319 e. The van der Waals surface area contributed by atoms with Crippen molar-refractivity contribution in [2.24, 2.45) is 0 Å². The van der Waals surface area contributed by atoms with Crippen molar-refractivity contribution in [1.29, 1.82) is 0 Å². The van der Waals surface area contributed by atoms with Crippen LogP contribution in [0.2, 0.25) is 5.02 Å². The Bertz CT molecular complexity index is 487. The molecule has 1 aliphatic rings. The minimum atomic E-state index is -0.523. The monoisotopic (exact) mass is 301 g/mol. The number of amides is 2. The van der Waals surface area contributed by atoms with Crippen LogP contribution < -0.4 is 10.6 Å². The van der Waals surface area contributed by atoms with E-state index in [1.165, 1.54) is 18.2 Å². The highest BCUT2D eigenvalue weighted by Crippen LogP contribution is 2.19. The van der Waals surface area contributed by atoms with E-state index in [4.69, 9.17) is 11.6 Å². The highest BCUT2D eigenvalue weighted by atomic mass is 35.5. The summed E-state index contributed by atoms with van der Waals surface area (Å²) in [7, 11) is 0. The first-order chi connectivity index (χ1) is 9.54. The topological polar surface area (TPSA) is 64.6 Å². The van der Waals surface area contributed by atoms with Gasteiger partial charge in [-0.1, -0.05) is 11.6 Å². The number of carbonyl (C=O) groups is 1. The highest BCUT2D eigenvalue weighted by Gasteiger charge is 2.19. The van der Waals surface area contributed by atoms with E-state index in [-0.39, 0.29) is 17.2 Å². The first kappa shape index (κ1) is 15.0. The van der Waals surface area contributed by atoms with Gasteiger partial charge < -0.3 is 15.7 Å². The van der Waals surface area contributed by atoms with Gasteiger partial charge in [0.2, 0.25) is 0 Å². The molecule has 0 aromatic heterocycles. The number of aliphatic hydroxyl groups excluding tert-OH is 1. The van der Waals surface area contributed by atoms with Gasteiger partial charge in [-0.15, -0.1) is 0 Å². The molecular formula is C13H17ClFN3O2. The molecule has 0 saturated carbocycles. The molecule has 0 radical (unpaired) electrons. The number of urea groups is 1. The van der Waals surface area contributed by atoms with E-state index < -0.39 is 5.82 Å². The molecule has 7 heteroatoms. The van der Waals surface area contributed by atoms with E-state index in [1.807, 2.05) is 0 Å². The molecule has 3 N–H and O–H groups in total. The number of anilines is 1. The van der Waals surface area contributed by atoms with Crippen molar-refractivity contribution in [1.82, 2.24) is 10.2 Å². The molecule has 1 aliphatic heterocycles. The summed E-state index contributed by atoms with van der Waals surface area (Å²) in [5, 5.41) is 14.6. The number of hydrogen-bond acceptors (Lipinski definition) is 3. The third-order valence-electron chi connectivity index (χ3n) is 3.14. The van der Waals surface area contributed by atoms with Crippen LogP contribution in [0.3, 0.4) is 0 Å². The molecule has 0 aliphatic carbocycles. The van der Waals surface area contributed by atoms with E-state index >= 15 is 0 Å². The zero-order valence-corrected chi connectivity index (χ0v) is 11.7. The SMILES string of the molecule is O=C(NCCN1CCC(O)C1)Nc1ccc(F)c(Cl)c1. The number of rotatable bonds is 4. The Morgan fingerprint density at radius 1 is 1.55 bits per heavy atom. The molecule has 1 aromatic rings. The minimum absolute atomic E-state index is 0.0335. The number of halogens is 2. The van der Waals surface area contributed by atoms with Crippen LogP contribution in [0.4, 0.5) is 14.9 Å². The fraction of sp³-hybridized carbons (Fsp3) is 0.462. The van der Waals surface area contributed by atoms with Crippen LogP contribution in [0.1, 0.15) is 6.42 Å². The van der Waals surface area contributed by atoms with E-state index in [0.717, 1.165) is 13.0 Å². The molecule has 0 bridgehead atoms. The van der Waals surface area contributed by atoms with Crippen molar-refractivity contribution in [2.45, 2.75) is 12.5 Å². The highest BCUT2D eigenvalue weighted by molar-refractivity contribution is 6.31. The molecule has 1 unspecified atom stereocenters. The standard InChI is InChI=1S/C13H17ClFN3O2/c14-11-7-9(1-2-12(11)15)17-13(20)16-4-6-18-5-3-10(19)8-18/h1-2,7,10,19H,3-6,8H2,(H2,16,17,20). The van der Waals surface area contributed by atoms with Crippen LogP contribution in [0.5, 0.6) is 0 Å². The molecule has 1 fully saturated rings. The largest absolute Gasteiger partial charge is 0.392 e. The lowest BCUT2D eigenvalue weighted by atomic mass is 10.3. The van der Waals surface area contributed by atoms with Gasteiger partial charge in [-0.2, -0.15) is 0 Å². The Balaban J connectivity index is 1.71. The summed E-state index contributed by atoms with van der Waals surface area (Å²) in [6, 6.07) is 3.63. The van der Waals surface area contributed by atoms with Gasteiger partial charge in [0.25, 0.3) is 0 Å². The second-order valence-corrected chi connectivity index (χ2v) is 5.16. The van der Waals surface area contributed by atoms with Crippen molar-refractivity contribution in [3.63, 3.8) is 0 Å². The average Bonchev–Trinajstić information content (AvgIpc) is 2.80. The molecule has 110 valence electrons. The molecular weight excluding hydrogens is 285 g/mol. The lowest BCUT2D eigenvalue weighted by molar-refractivity contribution is 0.176. The van der Waals surface area contributed by atoms with Gasteiger partial charge >= 0.3 is 6.03 Å². The Morgan fingerprint density at radius 3 is 3.00 bits per heavy atom. The van der Waals surface area contributed by atoms with Crippen molar-refractivity contribution in [2.75, 3.05) is 31.5 Å². The number of aliphatic hydroxyl groups is 1. The normalized spacial score (nSPS) is 19.1. The van der Waals surface area contributed by atoms with Gasteiger partial charge in [0.15, 0.2) is 0 Å². The maximum absolute atomic E-state index is 13.0. The van der Waals surface area contributed by atoms with Crippen LogP contribution in [-0.4, -0.2) is 48.3 Å². The number of hydrogen-bond donors (Lipinski definition) is 3. The van der Waals surface area contributed by atoms with Gasteiger partial charge in [-0.25, -0.2) is 9.18 Å². The van der Waals surface area contributed by atoms with Crippen LogP contribution in [0, 0.1) is 5.82 Å². The van der Waals surface area contributed by atoms with Crippen molar-refractivity contribution in [3.8, 4) is 0 Å². The number of benzene rings is 1. The van der Waals surface area contributed by atoms with Gasteiger partial charge in [-0.05, 0) is 24.6 Å². The lowest BCUT2D eigenvalue weighted by Gasteiger charge is -2.15. The Morgan fingerprint density at radius 2 is 2.35 bits per heavy atom. The summed E-state index contributed by atoms with van der Waals surface area (Å²) in [5.74, 6) is -0.523. The molecule has 1 saturated heterocycles. The van der Waals surface area contributed by atoms with Gasteiger partial charge in [-0.3, -0.25) is 4.90 Å². The second-order valence-electron chi connectivity index (χ2n) is 4.75. The second kappa shape index (κ2) is 6.88. The zero-order valence-electron chi connectivity index (χ0n) is 10.9. The summed E-state index contributed by atoms with van der Waals surface area (Å²) in [6.07, 6.45) is 0.519. The van der Waals surface area contributed by atoms with Crippen molar-refractivity contribution >= 4 is 23.3 Å². The first-order valence-corrected chi connectivity index (χ1v) is 6.83.